The molecule has 2 nitrogen and oxygen atoms in total. The number of hydrogen-bond acceptors (Lipinski definition) is 2. The molecule has 1 heterocycles. The smallest absolute Gasteiger partial charge is 0.0195 e. The molecule has 1 aliphatic heterocycles. The highest BCUT2D eigenvalue weighted by Crippen LogP contribution is 2.31. The number of rotatable bonds is 4. The van der Waals surface area contributed by atoms with Gasteiger partial charge in [0.1, 0.15) is 0 Å². The van der Waals surface area contributed by atoms with Gasteiger partial charge in [0.2, 0.25) is 0 Å². The SMILES string of the molecule is CCNC1CCCN(C2CCCC(CC)C2)C1. The highest BCUT2D eigenvalue weighted by molar-refractivity contribution is 4.85. The van der Waals surface area contributed by atoms with E-state index in [9.17, 15) is 0 Å². The molecule has 2 fully saturated rings. The van der Waals surface area contributed by atoms with Crippen molar-refractivity contribution in [3.63, 3.8) is 0 Å². The van der Waals surface area contributed by atoms with Crippen molar-refractivity contribution in [2.45, 2.75) is 70.9 Å². The normalized spacial score (nSPS) is 36.0. The van der Waals surface area contributed by atoms with Gasteiger partial charge in [-0.3, -0.25) is 4.90 Å². The summed E-state index contributed by atoms with van der Waals surface area (Å²) >= 11 is 0. The van der Waals surface area contributed by atoms with Crippen LogP contribution in [0.1, 0.15) is 58.8 Å². The van der Waals surface area contributed by atoms with Crippen molar-refractivity contribution in [3.05, 3.63) is 0 Å². The fraction of sp³-hybridized carbons (Fsp3) is 1.00. The Hall–Kier alpha value is -0.0800. The van der Waals surface area contributed by atoms with Gasteiger partial charge in [-0.25, -0.2) is 0 Å². The summed E-state index contributed by atoms with van der Waals surface area (Å²) in [6.45, 7) is 8.37. The van der Waals surface area contributed by atoms with Crippen LogP contribution in [0.4, 0.5) is 0 Å². The first-order valence-electron chi connectivity index (χ1n) is 7.80. The average molecular weight is 238 g/mol. The third-order valence-electron chi connectivity index (χ3n) is 4.79. The summed E-state index contributed by atoms with van der Waals surface area (Å²) < 4.78 is 0. The van der Waals surface area contributed by atoms with Gasteiger partial charge in [0, 0.05) is 18.6 Å². The standard InChI is InChI=1S/C15H30N2/c1-3-13-7-5-9-15(11-13)17-10-6-8-14(12-17)16-4-2/h13-16H,3-12H2,1-2H3. The van der Waals surface area contributed by atoms with Gasteiger partial charge in [0.15, 0.2) is 0 Å². The Balaban J connectivity index is 1.83. The maximum Gasteiger partial charge on any atom is 0.0195 e. The summed E-state index contributed by atoms with van der Waals surface area (Å²) in [5, 5.41) is 3.64. The Morgan fingerprint density at radius 2 is 2.00 bits per heavy atom. The molecular formula is C15H30N2. The molecule has 1 saturated carbocycles. The Morgan fingerprint density at radius 3 is 2.76 bits per heavy atom. The summed E-state index contributed by atoms with van der Waals surface area (Å²) in [6.07, 6.45) is 10.0. The van der Waals surface area contributed by atoms with Crippen molar-refractivity contribution in [1.29, 1.82) is 0 Å². The Labute approximate surface area is 107 Å². The molecule has 0 aromatic carbocycles. The topological polar surface area (TPSA) is 15.3 Å². The van der Waals surface area contributed by atoms with Gasteiger partial charge < -0.3 is 5.32 Å². The monoisotopic (exact) mass is 238 g/mol. The summed E-state index contributed by atoms with van der Waals surface area (Å²) in [4.78, 5) is 2.79. The summed E-state index contributed by atoms with van der Waals surface area (Å²) in [7, 11) is 0. The van der Waals surface area contributed by atoms with Crippen LogP contribution in [0.25, 0.3) is 0 Å². The van der Waals surface area contributed by atoms with Crippen LogP contribution < -0.4 is 5.32 Å². The number of nitrogens with zero attached hydrogens (tertiary/aromatic N) is 1. The van der Waals surface area contributed by atoms with Crippen LogP contribution in [-0.4, -0.2) is 36.6 Å². The molecule has 3 atom stereocenters. The van der Waals surface area contributed by atoms with E-state index in [4.69, 9.17) is 0 Å². The predicted octanol–water partition coefficient (Wildman–Crippen LogP) is 3.03. The number of piperidine rings is 1. The second-order valence-electron chi connectivity index (χ2n) is 5.99. The lowest BCUT2D eigenvalue weighted by Gasteiger charge is -2.42. The zero-order chi connectivity index (χ0) is 12.1. The lowest BCUT2D eigenvalue weighted by molar-refractivity contribution is 0.0919. The lowest BCUT2D eigenvalue weighted by Crippen LogP contribution is -2.50. The average Bonchev–Trinajstić information content (AvgIpc) is 2.40. The Kier molecular flexibility index (Phi) is 5.30. The number of likely N-dealkylation sites (N-methyl/N-ethyl adjacent to an activating group) is 1. The van der Waals surface area contributed by atoms with E-state index >= 15 is 0 Å². The van der Waals surface area contributed by atoms with Crippen molar-refractivity contribution >= 4 is 0 Å². The molecule has 1 aliphatic carbocycles. The second kappa shape index (κ2) is 6.75. The van der Waals surface area contributed by atoms with Crippen LogP contribution in [0.3, 0.4) is 0 Å². The lowest BCUT2D eigenvalue weighted by atomic mass is 9.83. The first-order chi connectivity index (χ1) is 8.33. The van der Waals surface area contributed by atoms with Gasteiger partial charge >= 0.3 is 0 Å². The molecule has 17 heavy (non-hydrogen) atoms. The molecule has 0 aromatic rings. The third-order valence-corrected chi connectivity index (χ3v) is 4.79. The molecule has 0 aromatic heterocycles. The Morgan fingerprint density at radius 1 is 1.12 bits per heavy atom. The van der Waals surface area contributed by atoms with Crippen LogP contribution in [0, 0.1) is 5.92 Å². The maximum absolute atomic E-state index is 3.64. The highest BCUT2D eigenvalue weighted by Gasteiger charge is 2.29. The summed E-state index contributed by atoms with van der Waals surface area (Å²) in [6, 6.07) is 1.66. The van der Waals surface area contributed by atoms with Crippen molar-refractivity contribution in [2.24, 2.45) is 5.92 Å². The zero-order valence-electron chi connectivity index (χ0n) is 11.8. The van der Waals surface area contributed by atoms with Crippen molar-refractivity contribution in [2.75, 3.05) is 19.6 Å². The zero-order valence-corrected chi connectivity index (χ0v) is 11.8. The fourth-order valence-corrected chi connectivity index (χ4v) is 3.76. The molecule has 1 N–H and O–H groups in total. The molecule has 0 radical (unpaired) electrons. The molecule has 0 spiro atoms. The largest absolute Gasteiger partial charge is 0.313 e. The molecule has 3 unspecified atom stereocenters. The molecule has 100 valence electrons. The minimum Gasteiger partial charge on any atom is -0.313 e. The van der Waals surface area contributed by atoms with E-state index in [1.54, 1.807) is 0 Å². The van der Waals surface area contributed by atoms with E-state index in [-0.39, 0.29) is 0 Å². The number of hydrogen-bond donors (Lipinski definition) is 1. The summed E-state index contributed by atoms with van der Waals surface area (Å²) in [5.74, 6) is 1.01. The van der Waals surface area contributed by atoms with Crippen LogP contribution in [0.5, 0.6) is 0 Å². The van der Waals surface area contributed by atoms with Gasteiger partial charge in [-0.1, -0.05) is 33.1 Å². The van der Waals surface area contributed by atoms with E-state index < -0.39 is 0 Å². The summed E-state index contributed by atoms with van der Waals surface area (Å²) in [5.41, 5.74) is 0. The van der Waals surface area contributed by atoms with Gasteiger partial charge in [-0.15, -0.1) is 0 Å². The first kappa shape index (κ1) is 13.4. The van der Waals surface area contributed by atoms with E-state index in [0.29, 0.717) is 0 Å². The van der Waals surface area contributed by atoms with Gasteiger partial charge in [0.05, 0.1) is 0 Å². The first-order valence-corrected chi connectivity index (χ1v) is 7.80. The van der Waals surface area contributed by atoms with Crippen LogP contribution in [0.2, 0.25) is 0 Å². The fourth-order valence-electron chi connectivity index (χ4n) is 3.76. The molecular weight excluding hydrogens is 208 g/mol. The third kappa shape index (κ3) is 3.69. The molecule has 2 aliphatic rings. The van der Waals surface area contributed by atoms with E-state index in [2.05, 4.69) is 24.1 Å². The Bertz CT molecular complexity index is 215. The van der Waals surface area contributed by atoms with Gasteiger partial charge in [-0.05, 0) is 44.7 Å². The highest BCUT2D eigenvalue weighted by atomic mass is 15.2. The van der Waals surface area contributed by atoms with E-state index in [0.717, 1.165) is 24.5 Å². The van der Waals surface area contributed by atoms with Crippen LogP contribution in [0.15, 0.2) is 0 Å². The van der Waals surface area contributed by atoms with Crippen molar-refractivity contribution in [1.82, 2.24) is 10.2 Å². The molecule has 0 bridgehead atoms. The quantitative estimate of drug-likeness (QED) is 0.810. The molecule has 1 saturated heterocycles. The van der Waals surface area contributed by atoms with Crippen LogP contribution >= 0.6 is 0 Å². The van der Waals surface area contributed by atoms with Gasteiger partial charge in [-0.2, -0.15) is 0 Å². The second-order valence-corrected chi connectivity index (χ2v) is 5.99. The number of likely N-dealkylation sites (tertiary alicyclic amines) is 1. The predicted molar refractivity (Wildman–Crippen MR) is 74.3 cm³/mol. The van der Waals surface area contributed by atoms with Crippen molar-refractivity contribution in [3.8, 4) is 0 Å². The van der Waals surface area contributed by atoms with Crippen molar-refractivity contribution < 1.29 is 0 Å². The van der Waals surface area contributed by atoms with Gasteiger partial charge in [0.25, 0.3) is 0 Å². The van der Waals surface area contributed by atoms with E-state index in [1.165, 1.54) is 58.0 Å². The minimum absolute atomic E-state index is 0.760. The van der Waals surface area contributed by atoms with Crippen LogP contribution in [-0.2, 0) is 0 Å². The minimum atomic E-state index is 0.760. The maximum atomic E-state index is 3.64. The molecule has 2 heteroatoms. The molecule has 2 rings (SSSR count). The van der Waals surface area contributed by atoms with E-state index in [1.807, 2.05) is 0 Å². The molecule has 0 amide bonds. The number of nitrogens with one attached hydrogen (secondary N) is 1.